The molecule has 1 unspecified atom stereocenters. The summed E-state index contributed by atoms with van der Waals surface area (Å²) in [5, 5.41) is 0. The number of fused-ring (bicyclic) bond motifs is 1. The lowest BCUT2D eigenvalue weighted by Crippen LogP contribution is -2.08. The van der Waals surface area contributed by atoms with E-state index < -0.39 is 0 Å². The van der Waals surface area contributed by atoms with Crippen molar-refractivity contribution in [1.29, 1.82) is 0 Å². The fourth-order valence-electron chi connectivity index (χ4n) is 2.90. The van der Waals surface area contributed by atoms with Crippen molar-refractivity contribution in [3.63, 3.8) is 0 Å². The van der Waals surface area contributed by atoms with Crippen LogP contribution >= 0.6 is 0 Å². The molecule has 4 heteroatoms. The highest BCUT2D eigenvalue weighted by Gasteiger charge is 2.23. The largest absolute Gasteiger partial charge is 0.462 e. The number of hydrogen-bond donors (Lipinski definition) is 0. The van der Waals surface area contributed by atoms with Gasteiger partial charge in [-0.1, -0.05) is 36.4 Å². The van der Waals surface area contributed by atoms with Crippen LogP contribution in [0.15, 0.2) is 60.8 Å². The minimum atomic E-state index is -0.309. The maximum absolute atomic E-state index is 12.3. The molecule has 1 atom stereocenters. The van der Waals surface area contributed by atoms with Gasteiger partial charge in [0.25, 0.3) is 0 Å². The number of esters is 1. The number of carbonyl (C=O) groups excluding carboxylic acids is 1. The van der Waals surface area contributed by atoms with Crippen LogP contribution in [0.4, 0.5) is 0 Å². The Hall–Kier alpha value is -2.59. The third kappa shape index (κ3) is 3.05. The van der Waals surface area contributed by atoms with E-state index in [9.17, 15) is 4.79 Å². The minimum Gasteiger partial charge on any atom is -0.462 e. The standard InChI is InChI=1S/C20H21NO3/c1-3-23-19(15-10-6-5-7-11-15)18-14-16(20(22)24-4-2)17-12-8-9-13-21(17)18/h5-14,19H,3-4H2,1-2H3. The van der Waals surface area contributed by atoms with E-state index >= 15 is 0 Å². The van der Waals surface area contributed by atoms with E-state index in [0.29, 0.717) is 18.8 Å². The molecule has 3 rings (SSSR count). The van der Waals surface area contributed by atoms with Gasteiger partial charge in [0, 0.05) is 12.8 Å². The number of benzene rings is 1. The van der Waals surface area contributed by atoms with E-state index in [1.165, 1.54) is 0 Å². The maximum Gasteiger partial charge on any atom is 0.340 e. The van der Waals surface area contributed by atoms with Gasteiger partial charge >= 0.3 is 5.97 Å². The van der Waals surface area contributed by atoms with Gasteiger partial charge in [-0.3, -0.25) is 0 Å². The summed E-state index contributed by atoms with van der Waals surface area (Å²) in [4.78, 5) is 12.3. The summed E-state index contributed by atoms with van der Waals surface area (Å²) in [6, 6.07) is 17.7. The van der Waals surface area contributed by atoms with E-state index in [1.54, 1.807) is 0 Å². The van der Waals surface area contributed by atoms with Crippen molar-refractivity contribution < 1.29 is 14.3 Å². The summed E-state index contributed by atoms with van der Waals surface area (Å²) in [6.45, 7) is 4.71. The topological polar surface area (TPSA) is 39.9 Å². The van der Waals surface area contributed by atoms with Crippen molar-refractivity contribution in [1.82, 2.24) is 4.40 Å². The molecule has 0 fully saturated rings. The Bertz CT molecular complexity index is 823. The van der Waals surface area contributed by atoms with Gasteiger partial charge in [0.05, 0.1) is 23.4 Å². The van der Waals surface area contributed by atoms with Crippen LogP contribution in [0, 0.1) is 0 Å². The highest BCUT2D eigenvalue weighted by Crippen LogP contribution is 2.30. The van der Waals surface area contributed by atoms with Crippen LogP contribution < -0.4 is 0 Å². The third-order valence-electron chi connectivity index (χ3n) is 3.91. The number of carbonyl (C=O) groups is 1. The van der Waals surface area contributed by atoms with E-state index in [1.807, 2.05) is 79.0 Å². The van der Waals surface area contributed by atoms with Gasteiger partial charge in [0.15, 0.2) is 0 Å². The summed E-state index contributed by atoms with van der Waals surface area (Å²) in [6.07, 6.45) is 1.71. The van der Waals surface area contributed by atoms with Crippen molar-refractivity contribution in [3.8, 4) is 0 Å². The number of rotatable bonds is 6. The Kier molecular flexibility index (Phi) is 4.96. The molecule has 0 saturated carbocycles. The van der Waals surface area contributed by atoms with E-state index in [2.05, 4.69) is 0 Å². The summed E-state index contributed by atoms with van der Waals surface area (Å²) >= 11 is 0. The molecule has 0 aliphatic carbocycles. The Balaban J connectivity index is 2.15. The van der Waals surface area contributed by atoms with E-state index in [4.69, 9.17) is 9.47 Å². The fraction of sp³-hybridized carbons (Fsp3) is 0.250. The van der Waals surface area contributed by atoms with Crippen LogP contribution in [0.25, 0.3) is 5.52 Å². The lowest BCUT2D eigenvalue weighted by molar-refractivity contribution is 0.0528. The molecule has 0 spiro atoms. The first-order valence-corrected chi connectivity index (χ1v) is 8.19. The summed E-state index contributed by atoms with van der Waals surface area (Å²) < 4.78 is 13.2. The van der Waals surface area contributed by atoms with Crippen LogP contribution in [0.5, 0.6) is 0 Å². The lowest BCUT2D eigenvalue weighted by Gasteiger charge is -2.17. The second-order valence-electron chi connectivity index (χ2n) is 5.41. The Morgan fingerprint density at radius 3 is 2.50 bits per heavy atom. The fourth-order valence-corrected chi connectivity index (χ4v) is 2.90. The molecule has 0 radical (unpaired) electrons. The molecule has 0 aliphatic rings. The van der Waals surface area contributed by atoms with Crippen LogP contribution in [0.2, 0.25) is 0 Å². The van der Waals surface area contributed by atoms with Crippen molar-refractivity contribution >= 4 is 11.5 Å². The molecule has 1 aromatic carbocycles. The third-order valence-corrected chi connectivity index (χ3v) is 3.91. The monoisotopic (exact) mass is 323 g/mol. The molecule has 0 N–H and O–H groups in total. The normalized spacial score (nSPS) is 12.2. The van der Waals surface area contributed by atoms with E-state index in [0.717, 1.165) is 16.8 Å². The van der Waals surface area contributed by atoms with Crippen LogP contribution in [0.3, 0.4) is 0 Å². The number of hydrogen-bond acceptors (Lipinski definition) is 3. The maximum atomic E-state index is 12.3. The summed E-state index contributed by atoms with van der Waals surface area (Å²) in [5.74, 6) is -0.309. The molecule has 3 aromatic rings. The lowest BCUT2D eigenvalue weighted by atomic mass is 10.1. The Morgan fingerprint density at radius 2 is 1.79 bits per heavy atom. The second kappa shape index (κ2) is 7.32. The molecule has 2 heterocycles. The zero-order chi connectivity index (χ0) is 16.9. The SMILES string of the molecule is CCOC(=O)c1cc(C(OCC)c2ccccc2)n2ccccc12. The highest BCUT2D eigenvalue weighted by atomic mass is 16.5. The zero-order valence-corrected chi connectivity index (χ0v) is 13.9. The van der Waals surface area contributed by atoms with Gasteiger partial charge in [-0.25, -0.2) is 4.79 Å². The molecule has 0 bridgehead atoms. The highest BCUT2D eigenvalue weighted by molar-refractivity contribution is 5.97. The Labute approximate surface area is 141 Å². The minimum absolute atomic E-state index is 0.241. The van der Waals surface area contributed by atoms with Gasteiger partial charge in [-0.05, 0) is 37.6 Å². The predicted octanol–water partition coefficient (Wildman–Crippen LogP) is 4.24. The van der Waals surface area contributed by atoms with Crippen molar-refractivity contribution in [2.24, 2.45) is 0 Å². The summed E-state index contributed by atoms with van der Waals surface area (Å²) in [7, 11) is 0. The van der Waals surface area contributed by atoms with Crippen LogP contribution in [0.1, 0.15) is 41.6 Å². The predicted molar refractivity (Wildman–Crippen MR) is 93.3 cm³/mol. The van der Waals surface area contributed by atoms with Gasteiger partial charge in [-0.15, -0.1) is 0 Å². The molecule has 0 saturated heterocycles. The smallest absolute Gasteiger partial charge is 0.340 e. The number of nitrogens with zero attached hydrogens (tertiary/aromatic N) is 1. The average Bonchev–Trinajstić information content (AvgIpc) is 3.00. The Morgan fingerprint density at radius 1 is 1.04 bits per heavy atom. The average molecular weight is 323 g/mol. The quantitative estimate of drug-likeness (QED) is 0.637. The van der Waals surface area contributed by atoms with Gasteiger partial charge in [0.2, 0.25) is 0 Å². The molecular weight excluding hydrogens is 302 g/mol. The molecule has 124 valence electrons. The first kappa shape index (κ1) is 16.3. The molecule has 24 heavy (non-hydrogen) atoms. The number of pyridine rings is 1. The van der Waals surface area contributed by atoms with Crippen LogP contribution in [-0.2, 0) is 9.47 Å². The molecule has 0 aliphatic heterocycles. The zero-order valence-electron chi connectivity index (χ0n) is 13.9. The molecular formula is C20H21NO3. The van der Waals surface area contributed by atoms with Gasteiger partial charge in [0.1, 0.15) is 6.10 Å². The first-order valence-electron chi connectivity index (χ1n) is 8.19. The molecule has 0 amide bonds. The number of aromatic nitrogens is 1. The van der Waals surface area contributed by atoms with E-state index in [-0.39, 0.29) is 12.1 Å². The van der Waals surface area contributed by atoms with Crippen molar-refractivity contribution in [2.75, 3.05) is 13.2 Å². The van der Waals surface area contributed by atoms with Gasteiger partial charge < -0.3 is 13.9 Å². The second-order valence-corrected chi connectivity index (χ2v) is 5.41. The van der Waals surface area contributed by atoms with Gasteiger partial charge in [-0.2, -0.15) is 0 Å². The summed E-state index contributed by atoms with van der Waals surface area (Å²) in [5.41, 5.74) is 3.36. The van der Waals surface area contributed by atoms with Crippen molar-refractivity contribution in [3.05, 3.63) is 77.6 Å². The van der Waals surface area contributed by atoms with Crippen molar-refractivity contribution in [2.45, 2.75) is 20.0 Å². The first-order chi connectivity index (χ1) is 11.8. The number of ether oxygens (including phenoxy) is 2. The molecule has 4 nitrogen and oxygen atoms in total. The molecule has 2 aromatic heterocycles. The van der Waals surface area contributed by atoms with Crippen LogP contribution in [-0.4, -0.2) is 23.6 Å².